The summed E-state index contributed by atoms with van der Waals surface area (Å²) in [6, 6.07) is 3.86. The van der Waals surface area contributed by atoms with Crippen molar-refractivity contribution < 1.29 is 14.3 Å². The number of carbonyl (C=O) groups is 1. The minimum atomic E-state index is -0.617. The molecule has 0 saturated carbocycles. The maximum atomic E-state index is 13.4. The Bertz CT molecular complexity index is 777. The van der Waals surface area contributed by atoms with E-state index in [9.17, 15) is 14.3 Å². The Morgan fingerprint density at radius 2 is 2.30 bits per heavy atom. The molecule has 3 rings (SSSR count). The third-order valence-corrected chi connectivity index (χ3v) is 4.24. The van der Waals surface area contributed by atoms with Crippen molar-refractivity contribution in [3.05, 3.63) is 40.3 Å². The fourth-order valence-corrected chi connectivity index (χ4v) is 3.10. The van der Waals surface area contributed by atoms with Gasteiger partial charge in [0.2, 0.25) is 0 Å². The smallest absolute Gasteiger partial charge is 0.252 e. The molecule has 0 radical (unpaired) electrons. The van der Waals surface area contributed by atoms with Crippen LogP contribution in [0.25, 0.3) is 11.3 Å². The van der Waals surface area contributed by atoms with Crippen LogP contribution in [0.2, 0.25) is 5.02 Å². The first-order valence-electron chi connectivity index (χ1n) is 7.08. The number of aromatic nitrogens is 2. The fourth-order valence-electron chi connectivity index (χ4n) is 2.92. The van der Waals surface area contributed by atoms with Crippen LogP contribution >= 0.6 is 11.6 Å². The third kappa shape index (κ3) is 2.71. The van der Waals surface area contributed by atoms with Gasteiger partial charge in [-0.3, -0.25) is 14.4 Å². The molecule has 23 heavy (non-hydrogen) atoms. The van der Waals surface area contributed by atoms with Gasteiger partial charge in [-0.1, -0.05) is 11.6 Å². The average Bonchev–Trinajstić information content (AvgIpc) is 2.88. The van der Waals surface area contributed by atoms with Crippen molar-refractivity contribution in [2.45, 2.75) is 12.6 Å². The highest BCUT2D eigenvalue weighted by Gasteiger charge is 2.31. The lowest BCUT2D eigenvalue weighted by atomic mass is 10.0. The minimum absolute atomic E-state index is 0.0558. The van der Waals surface area contributed by atoms with Crippen LogP contribution in [-0.2, 0) is 6.54 Å². The van der Waals surface area contributed by atoms with Gasteiger partial charge in [-0.2, -0.15) is 5.10 Å². The van der Waals surface area contributed by atoms with E-state index in [0.717, 1.165) is 0 Å². The first-order valence-corrected chi connectivity index (χ1v) is 7.46. The summed E-state index contributed by atoms with van der Waals surface area (Å²) in [6.07, 6.45) is 0. The van der Waals surface area contributed by atoms with Gasteiger partial charge in [0, 0.05) is 18.7 Å². The van der Waals surface area contributed by atoms with Crippen molar-refractivity contribution in [1.82, 2.24) is 14.7 Å². The second-order valence-corrected chi connectivity index (χ2v) is 6.05. The van der Waals surface area contributed by atoms with Crippen LogP contribution in [0.3, 0.4) is 0 Å². The topological polar surface area (TPSA) is 84.4 Å². The normalized spacial score (nSPS) is 18.0. The molecule has 2 aromatic rings. The van der Waals surface area contributed by atoms with Gasteiger partial charge in [0.25, 0.3) is 5.91 Å². The third-order valence-electron chi connectivity index (χ3n) is 3.95. The SMILES string of the molecule is CN1Cc2c(C(N)=O)c(-c3ccc(F)c(Cl)c3)nn2C(CO)C1. The zero-order valence-electron chi connectivity index (χ0n) is 12.5. The molecule has 0 saturated heterocycles. The summed E-state index contributed by atoms with van der Waals surface area (Å²) in [6.45, 7) is 0.977. The van der Waals surface area contributed by atoms with E-state index in [1.165, 1.54) is 18.2 Å². The molecule has 6 nitrogen and oxygen atoms in total. The van der Waals surface area contributed by atoms with E-state index in [0.29, 0.717) is 30.0 Å². The molecule has 122 valence electrons. The molecule has 1 amide bonds. The van der Waals surface area contributed by atoms with E-state index in [1.54, 1.807) is 4.68 Å². The number of benzene rings is 1. The minimum Gasteiger partial charge on any atom is -0.394 e. The Morgan fingerprint density at radius 3 is 2.91 bits per heavy atom. The number of hydrogen-bond donors (Lipinski definition) is 2. The van der Waals surface area contributed by atoms with Gasteiger partial charge in [0.15, 0.2) is 0 Å². The fraction of sp³-hybridized carbons (Fsp3) is 0.333. The van der Waals surface area contributed by atoms with Gasteiger partial charge in [-0.25, -0.2) is 4.39 Å². The molecule has 8 heteroatoms. The number of nitrogens with two attached hydrogens (primary N) is 1. The number of fused-ring (bicyclic) bond motifs is 1. The summed E-state index contributed by atoms with van der Waals surface area (Å²) in [4.78, 5) is 13.9. The average molecular weight is 339 g/mol. The molecule has 0 bridgehead atoms. The van der Waals surface area contributed by atoms with Gasteiger partial charge >= 0.3 is 0 Å². The van der Waals surface area contributed by atoms with Crippen LogP contribution in [0.1, 0.15) is 22.1 Å². The summed E-state index contributed by atoms with van der Waals surface area (Å²) < 4.78 is 15.0. The van der Waals surface area contributed by atoms with Gasteiger partial charge in [0.1, 0.15) is 11.5 Å². The van der Waals surface area contributed by atoms with Crippen LogP contribution in [-0.4, -0.2) is 45.9 Å². The highest BCUT2D eigenvalue weighted by atomic mass is 35.5. The molecule has 1 aliphatic rings. The molecule has 1 unspecified atom stereocenters. The van der Waals surface area contributed by atoms with Gasteiger partial charge < -0.3 is 10.8 Å². The van der Waals surface area contributed by atoms with Crippen LogP contribution in [0, 0.1) is 5.82 Å². The first kappa shape index (κ1) is 15.9. The van der Waals surface area contributed by atoms with E-state index in [2.05, 4.69) is 5.10 Å². The molecule has 0 fully saturated rings. The Morgan fingerprint density at radius 1 is 1.57 bits per heavy atom. The Hall–Kier alpha value is -1.96. The molecule has 2 heterocycles. The van der Waals surface area contributed by atoms with Crippen molar-refractivity contribution in [3.63, 3.8) is 0 Å². The number of carbonyl (C=O) groups excluding carboxylic acids is 1. The van der Waals surface area contributed by atoms with Crippen molar-refractivity contribution >= 4 is 17.5 Å². The molecular weight excluding hydrogens is 323 g/mol. The molecule has 1 aromatic carbocycles. The maximum absolute atomic E-state index is 13.4. The van der Waals surface area contributed by atoms with Gasteiger partial charge in [0.05, 0.1) is 28.9 Å². The van der Waals surface area contributed by atoms with E-state index < -0.39 is 11.7 Å². The molecule has 0 aliphatic carbocycles. The van der Waals surface area contributed by atoms with Crippen LogP contribution in [0.15, 0.2) is 18.2 Å². The predicted molar refractivity (Wildman–Crippen MR) is 83.6 cm³/mol. The van der Waals surface area contributed by atoms with Crippen LogP contribution in [0.4, 0.5) is 4.39 Å². The number of rotatable bonds is 3. The second kappa shape index (κ2) is 5.92. The molecular formula is C15H16ClFN4O2. The number of primary amides is 1. The van der Waals surface area contributed by atoms with Crippen molar-refractivity contribution in [3.8, 4) is 11.3 Å². The first-order chi connectivity index (χ1) is 10.9. The zero-order chi connectivity index (χ0) is 16.7. The van der Waals surface area contributed by atoms with Gasteiger partial charge in [-0.15, -0.1) is 0 Å². The number of halogens is 2. The quantitative estimate of drug-likeness (QED) is 0.886. The summed E-state index contributed by atoms with van der Waals surface area (Å²) in [5, 5.41) is 14.0. The largest absolute Gasteiger partial charge is 0.394 e. The van der Waals surface area contributed by atoms with Crippen molar-refractivity contribution in [2.75, 3.05) is 20.2 Å². The lowest BCUT2D eigenvalue weighted by Crippen LogP contribution is -2.37. The number of aliphatic hydroxyl groups excluding tert-OH is 1. The molecule has 1 aromatic heterocycles. The Labute approximate surface area is 137 Å². The number of aliphatic hydroxyl groups is 1. The van der Waals surface area contributed by atoms with Gasteiger partial charge in [-0.05, 0) is 25.2 Å². The van der Waals surface area contributed by atoms with E-state index in [-0.39, 0.29) is 23.2 Å². The summed E-state index contributed by atoms with van der Waals surface area (Å²) in [7, 11) is 1.89. The molecule has 1 aliphatic heterocycles. The van der Waals surface area contributed by atoms with E-state index >= 15 is 0 Å². The number of amides is 1. The lowest BCUT2D eigenvalue weighted by Gasteiger charge is -2.30. The number of likely N-dealkylation sites (N-methyl/N-ethyl adjacent to an activating group) is 1. The summed E-state index contributed by atoms with van der Waals surface area (Å²) in [5.74, 6) is -1.17. The lowest BCUT2D eigenvalue weighted by molar-refractivity contribution is 0.0993. The van der Waals surface area contributed by atoms with Crippen LogP contribution < -0.4 is 5.73 Å². The molecule has 0 spiro atoms. The molecule has 3 N–H and O–H groups in total. The predicted octanol–water partition coefficient (Wildman–Crippen LogP) is 1.42. The Balaban J connectivity index is 2.21. The van der Waals surface area contributed by atoms with Crippen molar-refractivity contribution in [2.24, 2.45) is 5.73 Å². The highest BCUT2D eigenvalue weighted by molar-refractivity contribution is 6.31. The number of hydrogen-bond acceptors (Lipinski definition) is 4. The standard InChI is InChI=1S/C15H16ClFN4O2/c1-20-5-9(7-22)21-12(6-20)13(15(18)23)14(19-21)8-2-3-11(17)10(16)4-8/h2-4,9,22H,5-7H2,1H3,(H2,18,23). The van der Waals surface area contributed by atoms with E-state index in [1.807, 2.05) is 11.9 Å². The Kier molecular flexibility index (Phi) is 4.09. The summed E-state index contributed by atoms with van der Waals surface area (Å²) >= 11 is 5.83. The van der Waals surface area contributed by atoms with Crippen LogP contribution in [0.5, 0.6) is 0 Å². The second-order valence-electron chi connectivity index (χ2n) is 5.64. The highest BCUT2D eigenvalue weighted by Crippen LogP contribution is 2.32. The maximum Gasteiger partial charge on any atom is 0.252 e. The number of nitrogens with zero attached hydrogens (tertiary/aromatic N) is 3. The zero-order valence-corrected chi connectivity index (χ0v) is 13.2. The van der Waals surface area contributed by atoms with Crippen molar-refractivity contribution in [1.29, 1.82) is 0 Å². The molecule has 1 atom stereocenters. The summed E-state index contributed by atoms with van der Waals surface area (Å²) in [5.41, 5.74) is 7.31. The van der Waals surface area contributed by atoms with E-state index in [4.69, 9.17) is 17.3 Å². The monoisotopic (exact) mass is 338 g/mol.